The van der Waals surface area contributed by atoms with Crippen molar-refractivity contribution in [3.63, 3.8) is 0 Å². The van der Waals surface area contributed by atoms with E-state index in [0.29, 0.717) is 23.7 Å². The molecule has 8 nitrogen and oxygen atoms in total. The molecule has 0 amide bonds. The highest BCUT2D eigenvalue weighted by molar-refractivity contribution is 5.77. The number of nitrogens with one attached hydrogen (secondary N) is 1. The van der Waals surface area contributed by atoms with Crippen molar-refractivity contribution in [3.05, 3.63) is 46.3 Å². The van der Waals surface area contributed by atoms with Gasteiger partial charge in [-0.15, -0.1) is 0 Å². The number of rotatable bonds is 5. The lowest BCUT2D eigenvalue weighted by molar-refractivity contribution is -0.384. The molecule has 8 heteroatoms. The van der Waals surface area contributed by atoms with Gasteiger partial charge in [-0.1, -0.05) is 0 Å². The number of fused-ring (bicyclic) bond motifs is 1. The van der Waals surface area contributed by atoms with Gasteiger partial charge in [0, 0.05) is 32.3 Å². The van der Waals surface area contributed by atoms with Gasteiger partial charge in [0.2, 0.25) is 0 Å². The van der Waals surface area contributed by atoms with Crippen molar-refractivity contribution in [2.24, 2.45) is 7.05 Å². The second-order valence-corrected chi connectivity index (χ2v) is 4.59. The van der Waals surface area contributed by atoms with Crippen molar-refractivity contribution in [1.82, 2.24) is 14.8 Å². The monoisotopic (exact) mass is 287 g/mol. The van der Waals surface area contributed by atoms with Gasteiger partial charge in [0.05, 0.1) is 16.7 Å². The maximum absolute atomic E-state index is 10.7. The van der Waals surface area contributed by atoms with Gasteiger partial charge in [-0.25, -0.2) is 0 Å². The Morgan fingerprint density at radius 3 is 3.00 bits per heavy atom. The third-order valence-electron chi connectivity index (χ3n) is 3.01. The number of benzene rings is 1. The molecule has 0 saturated carbocycles. The standard InChI is InChI=1S/C13H13N5O3/c1-17-7-5-9(16-17)4-6-14-13-15-11-3-2-10(18(19)20)8-12(11)21-13/h2-3,5,7-8H,4,6H2,1H3,(H,14,15). The smallest absolute Gasteiger partial charge is 0.295 e. The van der Waals surface area contributed by atoms with E-state index in [2.05, 4.69) is 15.4 Å². The fourth-order valence-electron chi connectivity index (χ4n) is 2.00. The average molecular weight is 287 g/mol. The summed E-state index contributed by atoms with van der Waals surface area (Å²) in [4.78, 5) is 14.5. The van der Waals surface area contributed by atoms with Crippen LogP contribution < -0.4 is 5.32 Å². The summed E-state index contributed by atoms with van der Waals surface area (Å²) in [5, 5.41) is 18.0. The quantitative estimate of drug-likeness (QED) is 0.570. The molecular weight excluding hydrogens is 274 g/mol. The highest BCUT2D eigenvalue weighted by Gasteiger charge is 2.11. The summed E-state index contributed by atoms with van der Waals surface area (Å²) >= 11 is 0. The summed E-state index contributed by atoms with van der Waals surface area (Å²) in [6, 6.07) is 6.63. The predicted octanol–water partition coefficient (Wildman–Crippen LogP) is 2.12. The fraction of sp³-hybridized carbons (Fsp3) is 0.231. The van der Waals surface area contributed by atoms with Crippen LogP contribution in [0.4, 0.5) is 11.7 Å². The van der Waals surface area contributed by atoms with Crippen LogP contribution in [-0.4, -0.2) is 26.2 Å². The lowest BCUT2D eigenvalue weighted by Crippen LogP contribution is -2.05. The molecule has 21 heavy (non-hydrogen) atoms. The van der Waals surface area contributed by atoms with E-state index in [1.54, 1.807) is 10.7 Å². The minimum atomic E-state index is -0.462. The van der Waals surface area contributed by atoms with E-state index in [4.69, 9.17) is 4.42 Å². The van der Waals surface area contributed by atoms with E-state index in [-0.39, 0.29) is 5.69 Å². The second kappa shape index (κ2) is 5.23. The topological polar surface area (TPSA) is 99.0 Å². The van der Waals surface area contributed by atoms with Crippen molar-refractivity contribution in [2.45, 2.75) is 6.42 Å². The van der Waals surface area contributed by atoms with Crippen LogP contribution in [0.3, 0.4) is 0 Å². The highest BCUT2D eigenvalue weighted by atomic mass is 16.6. The largest absolute Gasteiger partial charge is 0.423 e. The molecule has 0 radical (unpaired) electrons. The first-order valence-electron chi connectivity index (χ1n) is 6.39. The summed E-state index contributed by atoms with van der Waals surface area (Å²) in [7, 11) is 1.87. The van der Waals surface area contributed by atoms with E-state index in [1.165, 1.54) is 12.1 Å². The summed E-state index contributed by atoms with van der Waals surface area (Å²) in [6.45, 7) is 0.617. The number of aryl methyl sites for hydroxylation is 1. The molecule has 108 valence electrons. The summed E-state index contributed by atoms with van der Waals surface area (Å²) < 4.78 is 7.19. The minimum Gasteiger partial charge on any atom is -0.423 e. The van der Waals surface area contributed by atoms with Gasteiger partial charge in [-0.3, -0.25) is 14.8 Å². The molecule has 3 aromatic rings. The molecule has 1 aromatic carbocycles. The van der Waals surface area contributed by atoms with Crippen LogP contribution >= 0.6 is 0 Å². The van der Waals surface area contributed by atoms with Gasteiger partial charge in [-0.05, 0) is 12.1 Å². The first-order valence-corrected chi connectivity index (χ1v) is 6.39. The van der Waals surface area contributed by atoms with E-state index in [1.807, 2.05) is 19.3 Å². The van der Waals surface area contributed by atoms with Crippen LogP contribution in [0.2, 0.25) is 0 Å². The molecule has 0 aliphatic rings. The molecule has 2 aromatic heterocycles. The molecule has 0 saturated heterocycles. The van der Waals surface area contributed by atoms with E-state index in [0.717, 1.165) is 12.1 Å². The zero-order chi connectivity index (χ0) is 14.8. The molecule has 0 unspecified atom stereocenters. The molecule has 0 bridgehead atoms. The van der Waals surface area contributed by atoms with Crippen molar-refractivity contribution >= 4 is 22.8 Å². The summed E-state index contributed by atoms with van der Waals surface area (Å²) in [5.41, 5.74) is 1.93. The fourth-order valence-corrected chi connectivity index (χ4v) is 2.00. The molecule has 2 heterocycles. The SMILES string of the molecule is Cn1ccc(CCNc2nc3ccc([N+](=O)[O-])cc3o2)n1. The van der Waals surface area contributed by atoms with Gasteiger partial charge in [-0.2, -0.15) is 10.1 Å². The van der Waals surface area contributed by atoms with Crippen LogP contribution in [0.1, 0.15) is 5.69 Å². The van der Waals surface area contributed by atoms with Crippen LogP contribution in [0.5, 0.6) is 0 Å². The minimum absolute atomic E-state index is 0.0151. The Morgan fingerprint density at radius 2 is 2.29 bits per heavy atom. The summed E-state index contributed by atoms with van der Waals surface area (Å²) in [5.74, 6) is 0. The molecule has 0 spiro atoms. The Bertz CT molecular complexity index is 792. The lowest BCUT2D eigenvalue weighted by atomic mass is 10.3. The van der Waals surface area contributed by atoms with Gasteiger partial charge in [0.1, 0.15) is 5.52 Å². The third kappa shape index (κ3) is 2.83. The Balaban J connectivity index is 1.68. The Morgan fingerprint density at radius 1 is 1.43 bits per heavy atom. The van der Waals surface area contributed by atoms with Crippen LogP contribution in [0.25, 0.3) is 11.1 Å². The molecular formula is C13H13N5O3. The number of anilines is 1. The maximum Gasteiger partial charge on any atom is 0.295 e. The van der Waals surface area contributed by atoms with Gasteiger partial charge >= 0.3 is 0 Å². The maximum atomic E-state index is 10.7. The number of oxazole rings is 1. The number of hydrogen-bond donors (Lipinski definition) is 1. The number of non-ortho nitro benzene ring substituents is 1. The zero-order valence-corrected chi connectivity index (χ0v) is 11.3. The average Bonchev–Trinajstić information content (AvgIpc) is 3.03. The summed E-state index contributed by atoms with van der Waals surface area (Å²) in [6.07, 6.45) is 2.62. The van der Waals surface area contributed by atoms with Crippen molar-refractivity contribution < 1.29 is 9.34 Å². The van der Waals surface area contributed by atoms with Gasteiger partial charge in [0.25, 0.3) is 11.7 Å². The highest BCUT2D eigenvalue weighted by Crippen LogP contribution is 2.23. The van der Waals surface area contributed by atoms with Gasteiger partial charge in [0.15, 0.2) is 5.58 Å². The molecule has 1 N–H and O–H groups in total. The Labute approximate surface area is 119 Å². The van der Waals surface area contributed by atoms with E-state index >= 15 is 0 Å². The van der Waals surface area contributed by atoms with Crippen LogP contribution in [0.15, 0.2) is 34.9 Å². The number of nitro groups is 1. The Hall–Kier alpha value is -2.90. The Kier molecular flexibility index (Phi) is 3.27. The zero-order valence-electron chi connectivity index (χ0n) is 11.3. The van der Waals surface area contributed by atoms with E-state index < -0.39 is 4.92 Å². The normalized spacial score (nSPS) is 10.9. The van der Waals surface area contributed by atoms with Crippen molar-refractivity contribution in [3.8, 4) is 0 Å². The van der Waals surface area contributed by atoms with Crippen LogP contribution in [0, 0.1) is 10.1 Å². The van der Waals surface area contributed by atoms with Crippen molar-refractivity contribution in [1.29, 1.82) is 0 Å². The molecule has 3 rings (SSSR count). The number of aromatic nitrogens is 3. The number of nitro benzene ring substituents is 1. The van der Waals surface area contributed by atoms with Crippen molar-refractivity contribution in [2.75, 3.05) is 11.9 Å². The molecule has 0 aliphatic heterocycles. The second-order valence-electron chi connectivity index (χ2n) is 4.59. The van der Waals surface area contributed by atoms with Crippen LogP contribution in [-0.2, 0) is 13.5 Å². The number of nitrogens with zero attached hydrogens (tertiary/aromatic N) is 4. The van der Waals surface area contributed by atoms with Gasteiger partial charge < -0.3 is 9.73 Å². The first-order chi connectivity index (χ1) is 10.1. The lowest BCUT2D eigenvalue weighted by Gasteiger charge is -1.98. The molecule has 0 aliphatic carbocycles. The molecule has 0 fully saturated rings. The first kappa shape index (κ1) is 13.1. The third-order valence-corrected chi connectivity index (χ3v) is 3.01. The predicted molar refractivity (Wildman–Crippen MR) is 76.1 cm³/mol. The molecule has 0 atom stereocenters. The van der Waals surface area contributed by atoms with E-state index in [9.17, 15) is 10.1 Å². The number of hydrogen-bond acceptors (Lipinski definition) is 6.